The van der Waals surface area contributed by atoms with E-state index < -0.39 is 6.04 Å². The molecule has 0 saturated heterocycles. The van der Waals surface area contributed by atoms with E-state index >= 15 is 0 Å². The standard InChI is InChI=1S/C36H22O/c1-2-9-23(10-3-1)24-17-18-30-32-20-19-29(31-15-8-16-34(36(31)32)37-35(30)22-24)33-21-25-11-4-5-12-26(25)27-13-6-7-14-28(27)33/h1-22H/i1D,2D,3D,9D,10D. The van der Waals surface area contributed by atoms with Crippen molar-refractivity contribution < 1.29 is 11.6 Å². The summed E-state index contributed by atoms with van der Waals surface area (Å²) in [6.07, 6.45) is 0. The maximum absolute atomic E-state index is 8.42. The lowest BCUT2D eigenvalue weighted by Gasteiger charge is -2.23. The molecule has 1 aliphatic heterocycles. The van der Waals surface area contributed by atoms with Gasteiger partial charge in [-0.15, -0.1) is 0 Å². The summed E-state index contributed by atoms with van der Waals surface area (Å²) in [4.78, 5) is 0. The van der Waals surface area contributed by atoms with Crippen molar-refractivity contribution in [1.82, 2.24) is 0 Å². The minimum absolute atomic E-state index is 0.162. The minimum Gasteiger partial charge on any atom is -0.456 e. The first kappa shape index (κ1) is 16.0. The van der Waals surface area contributed by atoms with Gasteiger partial charge >= 0.3 is 0 Å². The van der Waals surface area contributed by atoms with Crippen LogP contribution in [0.5, 0.6) is 11.5 Å². The van der Waals surface area contributed by atoms with Gasteiger partial charge in [0, 0.05) is 10.9 Å². The van der Waals surface area contributed by atoms with Gasteiger partial charge < -0.3 is 4.74 Å². The molecule has 0 radical (unpaired) electrons. The van der Waals surface area contributed by atoms with E-state index in [1.807, 2.05) is 18.2 Å². The lowest BCUT2D eigenvalue weighted by Crippen LogP contribution is -1.98. The second-order valence-corrected chi connectivity index (χ2v) is 9.34. The first-order valence-corrected chi connectivity index (χ1v) is 12.3. The zero-order valence-corrected chi connectivity index (χ0v) is 19.7. The Balaban J connectivity index is 1.34. The predicted molar refractivity (Wildman–Crippen MR) is 155 cm³/mol. The summed E-state index contributed by atoms with van der Waals surface area (Å²) in [6.45, 7) is 0. The fourth-order valence-corrected chi connectivity index (χ4v) is 5.69. The highest BCUT2D eigenvalue weighted by Crippen LogP contribution is 2.50. The van der Waals surface area contributed by atoms with Gasteiger partial charge in [-0.2, -0.15) is 0 Å². The first-order valence-electron chi connectivity index (χ1n) is 14.8. The van der Waals surface area contributed by atoms with Crippen LogP contribution in [0.25, 0.3) is 65.7 Å². The van der Waals surface area contributed by atoms with Crippen molar-refractivity contribution in [3.05, 3.63) is 133 Å². The normalized spacial score (nSPS) is 13.9. The van der Waals surface area contributed by atoms with Crippen molar-refractivity contribution in [1.29, 1.82) is 0 Å². The monoisotopic (exact) mass is 475 g/mol. The Hall–Kier alpha value is -4.88. The molecule has 1 aliphatic rings. The summed E-state index contributed by atoms with van der Waals surface area (Å²) >= 11 is 0. The third-order valence-electron chi connectivity index (χ3n) is 7.34. The zero-order valence-electron chi connectivity index (χ0n) is 24.7. The molecule has 0 aliphatic carbocycles. The molecule has 8 rings (SSSR count). The number of fused-ring (bicyclic) bond motifs is 5. The van der Waals surface area contributed by atoms with Gasteiger partial charge in [-0.25, -0.2) is 0 Å². The summed E-state index contributed by atoms with van der Waals surface area (Å²) < 4.78 is 47.4. The second-order valence-electron chi connectivity index (χ2n) is 9.34. The molecule has 0 N–H and O–H groups in total. The fraction of sp³-hybridized carbons (Fsp3) is 0. The van der Waals surface area contributed by atoms with Crippen LogP contribution in [0, 0.1) is 0 Å². The average Bonchev–Trinajstić information content (AvgIpc) is 3.03. The first-order chi connectivity index (χ1) is 20.4. The van der Waals surface area contributed by atoms with E-state index in [2.05, 4.69) is 72.8 Å². The third-order valence-corrected chi connectivity index (χ3v) is 7.34. The van der Waals surface area contributed by atoms with E-state index in [1.165, 1.54) is 21.5 Å². The van der Waals surface area contributed by atoms with Crippen LogP contribution in [0.15, 0.2) is 133 Å². The van der Waals surface area contributed by atoms with Crippen LogP contribution in [0.2, 0.25) is 0 Å². The van der Waals surface area contributed by atoms with Crippen LogP contribution in [0.1, 0.15) is 6.85 Å². The van der Waals surface area contributed by atoms with Crippen LogP contribution < -0.4 is 4.74 Å². The van der Waals surface area contributed by atoms with Gasteiger partial charge in [0.2, 0.25) is 0 Å². The van der Waals surface area contributed by atoms with Gasteiger partial charge in [-0.05, 0) is 79.0 Å². The Morgan fingerprint density at radius 2 is 1.19 bits per heavy atom. The number of hydrogen-bond acceptors (Lipinski definition) is 1. The van der Waals surface area contributed by atoms with Gasteiger partial charge in [0.25, 0.3) is 0 Å². The van der Waals surface area contributed by atoms with E-state index in [0.29, 0.717) is 11.3 Å². The van der Waals surface area contributed by atoms with Gasteiger partial charge in [0.1, 0.15) is 11.5 Å². The maximum Gasteiger partial charge on any atom is 0.135 e. The summed E-state index contributed by atoms with van der Waals surface area (Å²) in [5, 5.41) is 6.94. The Labute approximate surface area is 222 Å². The highest BCUT2D eigenvalue weighted by atomic mass is 16.5. The Morgan fingerprint density at radius 1 is 0.459 bits per heavy atom. The van der Waals surface area contributed by atoms with E-state index in [0.717, 1.165) is 38.8 Å². The van der Waals surface area contributed by atoms with Crippen LogP contribution >= 0.6 is 0 Å². The van der Waals surface area contributed by atoms with Gasteiger partial charge in [0.15, 0.2) is 0 Å². The Kier molecular flexibility index (Phi) is 3.37. The molecule has 0 amide bonds. The number of benzene rings is 7. The molecule has 7 aromatic carbocycles. The van der Waals surface area contributed by atoms with Crippen LogP contribution in [-0.4, -0.2) is 0 Å². The molecule has 7 aromatic rings. The highest BCUT2D eigenvalue weighted by Gasteiger charge is 2.22. The molecule has 1 heterocycles. The summed E-state index contributed by atoms with van der Waals surface area (Å²) in [7, 11) is 0. The molecule has 172 valence electrons. The summed E-state index contributed by atoms with van der Waals surface area (Å²) in [5.41, 5.74) is 4.89. The predicted octanol–water partition coefficient (Wildman–Crippen LogP) is 10.3. The summed E-state index contributed by atoms with van der Waals surface area (Å²) in [5.74, 6) is 1.31. The molecule has 37 heavy (non-hydrogen) atoms. The van der Waals surface area contributed by atoms with E-state index in [9.17, 15) is 0 Å². The highest BCUT2D eigenvalue weighted by molar-refractivity contribution is 6.18. The van der Waals surface area contributed by atoms with Crippen molar-refractivity contribution in [2.24, 2.45) is 0 Å². The molecule has 0 bridgehead atoms. The van der Waals surface area contributed by atoms with Crippen molar-refractivity contribution in [2.75, 3.05) is 0 Å². The van der Waals surface area contributed by atoms with E-state index in [1.54, 1.807) is 12.1 Å². The number of rotatable bonds is 2. The molecule has 0 fully saturated rings. The molecule has 1 nitrogen and oxygen atoms in total. The topological polar surface area (TPSA) is 9.23 Å². The Morgan fingerprint density at radius 3 is 2.08 bits per heavy atom. The van der Waals surface area contributed by atoms with Crippen molar-refractivity contribution in [3.8, 4) is 44.9 Å². The smallest absolute Gasteiger partial charge is 0.135 e. The van der Waals surface area contributed by atoms with Gasteiger partial charge in [-0.1, -0.05) is 109 Å². The van der Waals surface area contributed by atoms with Gasteiger partial charge in [-0.3, -0.25) is 0 Å². The molecule has 0 aromatic heterocycles. The Bertz CT molecular complexity index is 2260. The van der Waals surface area contributed by atoms with Crippen LogP contribution in [0.4, 0.5) is 0 Å². The number of hydrogen-bond donors (Lipinski definition) is 0. The van der Waals surface area contributed by atoms with E-state index in [-0.39, 0.29) is 29.7 Å². The zero-order chi connectivity index (χ0) is 28.7. The molecule has 0 atom stereocenters. The minimum atomic E-state index is -0.404. The molecular formula is C36H22O. The van der Waals surface area contributed by atoms with Crippen LogP contribution in [0.3, 0.4) is 0 Å². The second kappa shape index (κ2) is 7.81. The lowest BCUT2D eigenvalue weighted by molar-refractivity contribution is 0.487. The SMILES string of the molecule is [2H]c1c([2H])c([2H])c(-c2ccc3c(c2)Oc2cccc4c(-c5cc6ccccc6c6ccccc56)ccc-3c24)c([2H])c1[2H]. The average molecular weight is 476 g/mol. The molecule has 1 heteroatoms. The van der Waals surface area contributed by atoms with Gasteiger partial charge in [0.05, 0.1) is 6.85 Å². The molecule has 0 unspecified atom stereocenters. The quantitative estimate of drug-likeness (QED) is 0.226. The summed E-state index contributed by atoms with van der Waals surface area (Å²) in [6, 6.07) is 33.6. The lowest BCUT2D eigenvalue weighted by atomic mass is 9.87. The van der Waals surface area contributed by atoms with Crippen molar-refractivity contribution >= 4 is 32.3 Å². The van der Waals surface area contributed by atoms with E-state index in [4.69, 9.17) is 11.6 Å². The molecule has 0 spiro atoms. The molecular weight excluding hydrogens is 448 g/mol. The van der Waals surface area contributed by atoms with Crippen molar-refractivity contribution in [3.63, 3.8) is 0 Å². The van der Waals surface area contributed by atoms with Crippen molar-refractivity contribution in [2.45, 2.75) is 0 Å². The largest absolute Gasteiger partial charge is 0.456 e. The molecule has 0 saturated carbocycles. The number of ether oxygens (including phenoxy) is 1. The maximum atomic E-state index is 8.42. The van der Waals surface area contributed by atoms with Crippen LogP contribution in [-0.2, 0) is 0 Å². The fourth-order valence-electron chi connectivity index (χ4n) is 5.69. The third kappa shape index (κ3) is 3.04.